The monoisotopic (exact) mass is 1030 g/mol. The van der Waals surface area contributed by atoms with Gasteiger partial charge in [-0.3, -0.25) is 0 Å². The molecule has 0 aromatic carbocycles. The molecule has 0 bridgehead atoms. The molecule has 0 aliphatic carbocycles. The zero-order chi connectivity index (χ0) is 23.1. The summed E-state index contributed by atoms with van der Waals surface area (Å²) in [4.78, 5) is 0. The summed E-state index contributed by atoms with van der Waals surface area (Å²) >= 11 is -36.4. The van der Waals surface area contributed by atoms with Crippen LogP contribution < -0.4 is 24.9 Å². The van der Waals surface area contributed by atoms with Crippen LogP contribution in [0.4, 0.5) is 0 Å². The van der Waals surface area contributed by atoms with E-state index >= 15 is 0 Å². The summed E-state index contributed by atoms with van der Waals surface area (Å²) in [5.41, 5.74) is 0. The summed E-state index contributed by atoms with van der Waals surface area (Å²) in [5, 5.41) is 0. The zero-order valence-electron chi connectivity index (χ0n) is 11.7. The van der Waals surface area contributed by atoms with E-state index in [9.17, 15) is 70.6 Å². The first-order valence-corrected chi connectivity index (χ1v) is 16.5. The molecule has 180 valence electrons. The van der Waals surface area contributed by atoms with Crippen molar-refractivity contribution in [1.82, 2.24) is 0 Å². The summed E-state index contributed by atoms with van der Waals surface area (Å²) in [6.45, 7) is 0. The molecule has 0 radical (unpaired) electrons. The first kappa shape index (κ1) is 41.0. The van der Waals surface area contributed by atoms with Crippen molar-refractivity contribution in [2.75, 3.05) is 0 Å². The third-order valence-corrected chi connectivity index (χ3v) is 8.50. The van der Waals surface area contributed by atoms with Crippen molar-refractivity contribution in [2.24, 2.45) is 0 Å². The Balaban J connectivity index is -0.0000000960. The second-order valence-corrected chi connectivity index (χ2v) is 13.6. The molecule has 0 aromatic rings. The van der Waals surface area contributed by atoms with Crippen LogP contribution in [0.1, 0.15) is 0 Å². The Morgan fingerprint density at radius 3 is 0.379 bits per heavy atom. The summed E-state index contributed by atoms with van der Waals surface area (Å²) in [6.07, 6.45) is 0. The van der Waals surface area contributed by atoms with E-state index in [1.165, 1.54) is 0 Å². The number of rotatable bonds is 6. The Bertz CT molecular complexity index is 854. The van der Waals surface area contributed by atoms with Crippen LogP contribution in [0.25, 0.3) is 0 Å². The van der Waals surface area contributed by atoms with Crippen LogP contribution in [0.15, 0.2) is 0 Å². The van der Waals surface area contributed by atoms with Crippen molar-refractivity contribution in [3.63, 3.8) is 0 Å². The number of hydrogen-bond donors (Lipinski definition) is 0. The molecule has 0 aliphatic heterocycles. The molecule has 0 atom stereocenters. The molecule has 0 fully saturated rings. The van der Waals surface area contributed by atoms with Crippen LogP contribution in [0, 0.1) is 0 Å². The van der Waals surface area contributed by atoms with Gasteiger partial charge in [-0.05, 0) is 0 Å². The standard InChI is InChI=1S/6Cr.2Ir.21O/q;;;;;;2*+3;;;;;;;;;;;;;;;;6*-1. The van der Waals surface area contributed by atoms with E-state index in [0.717, 1.165) is 0 Å². The Morgan fingerprint density at radius 1 is 0.310 bits per heavy atom. The molecule has 0 aliphatic rings. The minimum atomic E-state index is -6.07. The summed E-state index contributed by atoms with van der Waals surface area (Å²) in [7, 11) is 0. The van der Waals surface area contributed by atoms with Crippen molar-refractivity contribution >= 4 is 0 Å². The van der Waals surface area contributed by atoms with Crippen molar-refractivity contribution in [1.29, 1.82) is 0 Å². The van der Waals surface area contributed by atoms with Crippen LogP contribution in [0.5, 0.6) is 0 Å². The Morgan fingerprint density at radius 2 is 0.379 bits per heavy atom. The molecule has 0 N–H and O–H groups in total. The fourth-order valence-electron chi connectivity index (χ4n) is 0.306. The van der Waals surface area contributed by atoms with Crippen molar-refractivity contribution < 1.29 is 201 Å². The van der Waals surface area contributed by atoms with Gasteiger partial charge in [-0.1, -0.05) is 0 Å². The van der Waals surface area contributed by atoms with E-state index in [-0.39, 0.29) is 40.2 Å². The summed E-state index contributed by atoms with van der Waals surface area (Å²) < 4.78 is 177. The number of hydrogen-bond acceptors (Lipinski definition) is 21. The summed E-state index contributed by atoms with van der Waals surface area (Å²) in [5.74, 6) is 0. The first-order chi connectivity index (χ1) is 11.1. The molecule has 0 aromatic heterocycles. The topological polar surface area (TPSA) is 371 Å². The third-order valence-electron chi connectivity index (χ3n) is 0.500. The average molecular weight is 1030 g/mol. The fraction of sp³-hybridized carbons (Fsp3) is 0. The molecule has 29 heteroatoms. The zero-order valence-corrected chi connectivity index (χ0v) is 24.1. The third kappa shape index (κ3) is 58.7. The van der Waals surface area contributed by atoms with Gasteiger partial charge in [0.25, 0.3) is 0 Å². The molecule has 0 spiro atoms. The van der Waals surface area contributed by atoms with Crippen LogP contribution in [-0.4, -0.2) is 0 Å². The maximum atomic E-state index is 9.38. The second-order valence-electron chi connectivity index (χ2n) is 2.65. The quantitative estimate of drug-likeness (QED) is 0.238. The SMILES string of the molecule is [Ir+3].[Ir+3].[O]=[Cr](=[O])([O-])[O][Cr](=[O])(=[O])[O-].[O]=[Cr](=[O])([O-])[O][Cr](=[O])(=[O])[O-].[O]=[Cr](=[O])([O-])[O][Cr](=[O])(=[O])[O-]. The van der Waals surface area contributed by atoms with E-state index in [4.69, 9.17) is 0 Å². The molecule has 0 saturated carbocycles. The van der Waals surface area contributed by atoms with Gasteiger partial charge in [-0.2, -0.15) is 0 Å². The van der Waals surface area contributed by atoms with Gasteiger partial charge in [-0.25, -0.2) is 0 Å². The Kier molecular flexibility index (Phi) is 20.9. The molecular weight excluding hydrogens is 1030 g/mol. The van der Waals surface area contributed by atoms with E-state index in [1.807, 2.05) is 0 Å². The fourth-order valence-corrected chi connectivity index (χ4v) is 5.21. The molecule has 29 heavy (non-hydrogen) atoms. The van der Waals surface area contributed by atoms with Gasteiger partial charge in [0.15, 0.2) is 0 Å². The average Bonchev–Trinajstić information content (AvgIpc) is 1.96. The Hall–Kier alpha value is 1.73. The molecule has 0 unspecified atom stereocenters. The first-order valence-electron chi connectivity index (χ1n) is 4.00. The molecule has 0 amide bonds. The van der Waals surface area contributed by atoms with E-state index in [0.29, 0.717) is 0 Å². The van der Waals surface area contributed by atoms with Gasteiger partial charge < -0.3 is 0 Å². The van der Waals surface area contributed by atoms with E-state index < -0.39 is 81.7 Å². The second kappa shape index (κ2) is 14.8. The van der Waals surface area contributed by atoms with Gasteiger partial charge in [0.05, 0.1) is 0 Å². The van der Waals surface area contributed by atoms with Crippen LogP contribution in [0.3, 0.4) is 0 Å². The predicted molar refractivity (Wildman–Crippen MR) is 11.5 cm³/mol. The molecule has 21 nitrogen and oxygen atoms in total. The van der Waals surface area contributed by atoms with Gasteiger partial charge >= 0.3 is 201 Å². The Labute approximate surface area is 198 Å². The van der Waals surface area contributed by atoms with Gasteiger partial charge in [0.2, 0.25) is 0 Å². The normalized spacial score (nSPS) is 12.6. The van der Waals surface area contributed by atoms with Gasteiger partial charge in [-0.15, -0.1) is 0 Å². The van der Waals surface area contributed by atoms with Crippen molar-refractivity contribution in [2.45, 2.75) is 0 Å². The van der Waals surface area contributed by atoms with Crippen molar-refractivity contribution in [3.8, 4) is 0 Å². The van der Waals surface area contributed by atoms with E-state index in [2.05, 4.69) is 8.52 Å². The maximum absolute atomic E-state index is 9.38. The van der Waals surface area contributed by atoms with E-state index in [1.54, 1.807) is 0 Å². The van der Waals surface area contributed by atoms with Gasteiger partial charge in [0, 0.05) is 0 Å². The minimum absolute atomic E-state index is 0. The molecule has 0 heterocycles. The molecular formula is Cr6Ir2O21. The van der Waals surface area contributed by atoms with Gasteiger partial charge in [0.1, 0.15) is 0 Å². The predicted octanol–water partition coefficient (Wildman–Crippen LogP) is -8.78. The molecule has 0 saturated heterocycles. The summed E-state index contributed by atoms with van der Waals surface area (Å²) in [6, 6.07) is 0. The van der Waals surface area contributed by atoms with Crippen LogP contribution >= 0.6 is 0 Å². The van der Waals surface area contributed by atoms with Crippen LogP contribution in [0.2, 0.25) is 0 Å². The van der Waals surface area contributed by atoms with Crippen molar-refractivity contribution in [3.05, 3.63) is 0 Å². The van der Waals surface area contributed by atoms with Crippen LogP contribution in [-0.2, 0) is 176 Å². The molecule has 0 rings (SSSR count).